The van der Waals surface area contributed by atoms with E-state index in [4.69, 9.17) is 0 Å². The summed E-state index contributed by atoms with van der Waals surface area (Å²) in [6, 6.07) is 14.3. The van der Waals surface area contributed by atoms with Crippen molar-refractivity contribution in [3.63, 3.8) is 0 Å². The van der Waals surface area contributed by atoms with Gasteiger partial charge in [-0.25, -0.2) is 0 Å². The second-order valence-corrected chi connectivity index (χ2v) is 10.9. The summed E-state index contributed by atoms with van der Waals surface area (Å²) in [5.74, 6) is 0. The van der Waals surface area contributed by atoms with E-state index in [1.165, 1.54) is 22.3 Å². The maximum absolute atomic E-state index is 12.0. The van der Waals surface area contributed by atoms with Crippen LogP contribution in [-0.2, 0) is 19.3 Å². The molecule has 2 aromatic carbocycles. The van der Waals surface area contributed by atoms with Gasteiger partial charge in [-0.1, -0.05) is 95.1 Å². The fraction of sp³-hybridized carbons (Fsp3) is 0.556. The van der Waals surface area contributed by atoms with Crippen LogP contribution in [0.15, 0.2) is 42.5 Å². The molecule has 0 spiro atoms. The first-order chi connectivity index (χ1) is 13.5. The standard InChI is InChI=1S/C14H19F3.C13H20/c1-13(2,3)10-12-6-4-11(5-7-12)8-9-14(15,16)17;1-10-6-11(2)8-12(7-10)9-13(3,4)5/h4-7H,8-10H2,1-3H3;6-8H,9H2,1-5H3. The molecule has 0 aliphatic heterocycles. The molecule has 0 atom stereocenters. The Morgan fingerprint density at radius 1 is 0.600 bits per heavy atom. The predicted molar refractivity (Wildman–Crippen MR) is 123 cm³/mol. The van der Waals surface area contributed by atoms with Crippen molar-refractivity contribution < 1.29 is 13.2 Å². The van der Waals surface area contributed by atoms with Crippen LogP contribution < -0.4 is 0 Å². The van der Waals surface area contributed by atoms with Gasteiger partial charge in [-0.15, -0.1) is 0 Å². The summed E-state index contributed by atoms with van der Waals surface area (Å²) in [6.45, 7) is 17.6. The third kappa shape index (κ3) is 12.7. The fourth-order valence-corrected chi connectivity index (χ4v) is 3.51. The van der Waals surface area contributed by atoms with Gasteiger partial charge in [0, 0.05) is 6.42 Å². The van der Waals surface area contributed by atoms with Crippen LogP contribution in [0, 0.1) is 24.7 Å². The SMILES string of the molecule is CC(C)(C)Cc1ccc(CCC(F)(F)F)cc1.Cc1cc(C)cc(CC(C)(C)C)c1. The summed E-state index contributed by atoms with van der Waals surface area (Å²) in [5, 5.41) is 0. The fourth-order valence-electron chi connectivity index (χ4n) is 3.51. The molecule has 0 fully saturated rings. The minimum absolute atomic E-state index is 0.0687. The number of aryl methyl sites for hydroxylation is 3. The molecule has 3 heteroatoms. The largest absolute Gasteiger partial charge is 0.389 e. The lowest BCUT2D eigenvalue weighted by Crippen LogP contribution is -2.10. The Labute approximate surface area is 181 Å². The van der Waals surface area contributed by atoms with Gasteiger partial charge >= 0.3 is 6.18 Å². The molecule has 0 radical (unpaired) electrons. The van der Waals surface area contributed by atoms with E-state index >= 15 is 0 Å². The van der Waals surface area contributed by atoms with Crippen LogP contribution in [0.1, 0.15) is 75.8 Å². The van der Waals surface area contributed by atoms with Crippen LogP contribution >= 0.6 is 0 Å². The zero-order chi connectivity index (χ0) is 23.2. The highest BCUT2D eigenvalue weighted by molar-refractivity contribution is 5.29. The molecule has 0 N–H and O–H groups in total. The molecule has 2 rings (SSSR count). The number of alkyl halides is 3. The van der Waals surface area contributed by atoms with Crippen LogP contribution in [0.2, 0.25) is 0 Å². The van der Waals surface area contributed by atoms with Gasteiger partial charge < -0.3 is 0 Å². The van der Waals surface area contributed by atoms with Crippen molar-refractivity contribution in [3.05, 3.63) is 70.3 Å². The van der Waals surface area contributed by atoms with Gasteiger partial charge in [0.15, 0.2) is 0 Å². The molecule has 0 saturated carbocycles. The monoisotopic (exact) mass is 420 g/mol. The van der Waals surface area contributed by atoms with E-state index in [9.17, 15) is 13.2 Å². The molecule has 0 saturated heterocycles. The zero-order valence-corrected chi connectivity index (χ0v) is 20.0. The molecular formula is C27H39F3. The van der Waals surface area contributed by atoms with Crippen LogP contribution in [-0.4, -0.2) is 6.18 Å². The summed E-state index contributed by atoms with van der Waals surface area (Å²) in [7, 11) is 0. The number of rotatable bonds is 4. The van der Waals surface area contributed by atoms with E-state index in [2.05, 4.69) is 73.6 Å². The number of halogens is 3. The summed E-state index contributed by atoms with van der Waals surface area (Å²) in [4.78, 5) is 0. The van der Waals surface area contributed by atoms with Gasteiger partial charge in [0.1, 0.15) is 0 Å². The minimum atomic E-state index is -4.07. The Balaban J connectivity index is 0.000000311. The lowest BCUT2D eigenvalue weighted by atomic mass is 9.87. The second-order valence-electron chi connectivity index (χ2n) is 10.9. The van der Waals surface area contributed by atoms with Gasteiger partial charge in [0.25, 0.3) is 0 Å². The van der Waals surface area contributed by atoms with E-state index in [1.54, 1.807) is 12.1 Å². The maximum atomic E-state index is 12.0. The van der Waals surface area contributed by atoms with Gasteiger partial charge in [-0.05, 0) is 60.6 Å². The molecule has 0 aliphatic rings. The van der Waals surface area contributed by atoms with Crippen molar-refractivity contribution in [2.24, 2.45) is 10.8 Å². The number of hydrogen-bond donors (Lipinski definition) is 0. The van der Waals surface area contributed by atoms with Crippen molar-refractivity contribution in [1.29, 1.82) is 0 Å². The lowest BCUT2D eigenvalue weighted by molar-refractivity contribution is -0.133. The lowest BCUT2D eigenvalue weighted by Gasteiger charge is -2.18. The molecule has 0 nitrogen and oxygen atoms in total. The van der Waals surface area contributed by atoms with Crippen molar-refractivity contribution in [1.82, 2.24) is 0 Å². The van der Waals surface area contributed by atoms with E-state index in [-0.39, 0.29) is 11.8 Å². The summed E-state index contributed by atoms with van der Waals surface area (Å²) in [6.07, 6.45) is -2.64. The third-order valence-corrected chi connectivity index (χ3v) is 4.47. The first-order valence-corrected chi connectivity index (χ1v) is 10.7. The van der Waals surface area contributed by atoms with Gasteiger partial charge in [0.05, 0.1) is 0 Å². The van der Waals surface area contributed by atoms with E-state index in [0.717, 1.165) is 18.4 Å². The van der Waals surface area contributed by atoms with Crippen molar-refractivity contribution in [2.75, 3.05) is 0 Å². The Morgan fingerprint density at radius 3 is 1.40 bits per heavy atom. The smallest absolute Gasteiger partial charge is 0.171 e. The molecule has 0 bridgehead atoms. The summed E-state index contributed by atoms with van der Waals surface area (Å²) >= 11 is 0. The quantitative estimate of drug-likeness (QED) is 0.464. The zero-order valence-electron chi connectivity index (χ0n) is 20.0. The molecule has 0 aromatic heterocycles. The van der Waals surface area contributed by atoms with Crippen molar-refractivity contribution in [2.45, 2.75) is 87.2 Å². The van der Waals surface area contributed by atoms with Crippen LogP contribution in [0.3, 0.4) is 0 Å². The second kappa shape index (κ2) is 10.5. The van der Waals surface area contributed by atoms with Crippen LogP contribution in [0.5, 0.6) is 0 Å². The molecule has 0 unspecified atom stereocenters. The Morgan fingerprint density at radius 2 is 1.00 bits per heavy atom. The third-order valence-electron chi connectivity index (χ3n) is 4.47. The van der Waals surface area contributed by atoms with Crippen LogP contribution in [0.25, 0.3) is 0 Å². The average Bonchev–Trinajstić information content (AvgIpc) is 2.50. The molecule has 168 valence electrons. The van der Waals surface area contributed by atoms with E-state index in [1.807, 2.05) is 12.1 Å². The van der Waals surface area contributed by atoms with E-state index in [0.29, 0.717) is 5.41 Å². The van der Waals surface area contributed by atoms with Gasteiger partial charge in [0.2, 0.25) is 0 Å². The highest BCUT2D eigenvalue weighted by Gasteiger charge is 2.26. The van der Waals surface area contributed by atoms with E-state index < -0.39 is 12.6 Å². The highest BCUT2D eigenvalue weighted by Crippen LogP contribution is 2.24. The molecule has 0 heterocycles. The Hall–Kier alpha value is -1.77. The molecule has 30 heavy (non-hydrogen) atoms. The van der Waals surface area contributed by atoms with Crippen molar-refractivity contribution >= 4 is 0 Å². The predicted octanol–water partition coefficient (Wildman–Crippen LogP) is 8.66. The molecule has 0 aliphatic carbocycles. The number of hydrogen-bond acceptors (Lipinski definition) is 0. The Kier molecular flexibility index (Phi) is 9.20. The first-order valence-electron chi connectivity index (χ1n) is 10.7. The summed E-state index contributed by atoms with van der Waals surface area (Å²) < 4.78 is 36.1. The number of benzene rings is 2. The molecule has 2 aromatic rings. The highest BCUT2D eigenvalue weighted by atomic mass is 19.4. The Bertz CT molecular complexity index is 749. The van der Waals surface area contributed by atoms with Gasteiger partial charge in [-0.2, -0.15) is 13.2 Å². The summed E-state index contributed by atoms with van der Waals surface area (Å²) in [5.41, 5.74) is 6.73. The van der Waals surface area contributed by atoms with Gasteiger partial charge in [-0.3, -0.25) is 0 Å². The van der Waals surface area contributed by atoms with Crippen LogP contribution in [0.4, 0.5) is 13.2 Å². The average molecular weight is 421 g/mol. The normalized spacial score (nSPS) is 12.4. The maximum Gasteiger partial charge on any atom is 0.389 e. The first kappa shape index (κ1) is 26.3. The topological polar surface area (TPSA) is 0 Å². The minimum Gasteiger partial charge on any atom is -0.171 e. The van der Waals surface area contributed by atoms with Crippen molar-refractivity contribution in [3.8, 4) is 0 Å². The molecular weight excluding hydrogens is 381 g/mol. The molecule has 0 amide bonds.